The van der Waals surface area contributed by atoms with Gasteiger partial charge in [0.1, 0.15) is 17.3 Å². The van der Waals surface area contributed by atoms with Crippen LogP contribution in [-0.2, 0) is 4.79 Å². The summed E-state index contributed by atoms with van der Waals surface area (Å²) in [6.07, 6.45) is 4.05. The molecule has 0 saturated heterocycles. The number of carbonyl (C=O) groups is 1. The molecule has 0 bridgehead atoms. The van der Waals surface area contributed by atoms with Crippen LogP contribution in [0.3, 0.4) is 0 Å². The topological polar surface area (TPSA) is 75.0 Å². The van der Waals surface area contributed by atoms with Crippen molar-refractivity contribution in [3.05, 3.63) is 75.8 Å². The van der Waals surface area contributed by atoms with Crippen molar-refractivity contribution in [3.8, 4) is 11.5 Å². The van der Waals surface area contributed by atoms with Crippen molar-refractivity contribution < 1.29 is 14.3 Å². The lowest BCUT2D eigenvalue weighted by molar-refractivity contribution is -0.114. The SMILES string of the molecule is Cc1cccc(OCCCOc2ccc(/C=C3/C(=N)N4C=CSC4=NC3=O)cc2Cl)c1. The first-order chi connectivity index (χ1) is 15.0. The quantitative estimate of drug-likeness (QED) is 0.456. The molecule has 8 heteroatoms. The molecule has 0 aromatic heterocycles. The standard InChI is InChI=1S/C23H20ClN3O3S/c1-15-4-2-5-17(12-15)29-9-3-10-30-20-7-6-16(14-19(20)24)13-18-21(25)27-8-11-31-23(27)26-22(18)28/h2,4-8,11-14,25H,3,9-10H2,1H3/b18-13-,25-21?. The van der Waals surface area contributed by atoms with Gasteiger partial charge in [0.2, 0.25) is 0 Å². The number of fused-ring (bicyclic) bond motifs is 1. The summed E-state index contributed by atoms with van der Waals surface area (Å²) < 4.78 is 11.5. The maximum absolute atomic E-state index is 12.3. The molecule has 0 fully saturated rings. The van der Waals surface area contributed by atoms with Crippen molar-refractivity contribution in [2.24, 2.45) is 4.99 Å². The third kappa shape index (κ3) is 5.00. The highest BCUT2D eigenvalue weighted by Crippen LogP contribution is 2.30. The molecule has 6 nitrogen and oxygen atoms in total. The number of carbonyl (C=O) groups excluding carboxylic acids is 1. The van der Waals surface area contributed by atoms with Gasteiger partial charge in [0, 0.05) is 12.6 Å². The number of hydrogen-bond donors (Lipinski definition) is 1. The molecule has 2 aromatic carbocycles. The summed E-state index contributed by atoms with van der Waals surface area (Å²) in [6.45, 7) is 3.03. The molecular formula is C23H20ClN3O3S. The number of thioether (sulfide) groups is 1. The average molecular weight is 454 g/mol. The Bertz CT molecular complexity index is 1130. The van der Waals surface area contributed by atoms with Crippen LogP contribution in [-0.4, -0.2) is 35.0 Å². The van der Waals surface area contributed by atoms with Crippen LogP contribution in [0.1, 0.15) is 17.5 Å². The molecule has 0 unspecified atom stereocenters. The minimum absolute atomic E-state index is 0.0984. The van der Waals surface area contributed by atoms with Crippen LogP contribution >= 0.6 is 23.4 Å². The van der Waals surface area contributed by atoms with Gasteiger partial charge in [0.15, 0.2) is 5.17 Å². The number of ether oxygens (including phenoxy) is 2. The van der Waals surface area contributed by atoms with E-state index in [1.807, 2.05) is 31.2 Å². The van der Waals surface area contributed by atoms with Gasteiger partial charge in [0.05, 0.1) is 23.8 Å². The summed E-state index contributed by atoms with van der Waals surface area (Å²) in [5.74, 6) is 1.07. The van der Waals surface area contributed by atoms with E-state index in [4.69, 9.17) is 26.5 Å². The fourth-order valence-corrected chi connectivity index (χ4v) is 4.01. The largest absolute Gasteiger partial charge is 0.493 e. The molecule has 2 aliphatic heterocycles. The van der Waals surface area contributed by atoms with Crippen LogP contribution < -0.4 is 9.47 Å². The lowest BCUT2D eigenvalue weighted by atomic mass is 10.1. The number of amides is 1. The minimum atomic E-state index is -0.433. The van der Waals surface area contributed by atoms with E-state index in [0.29, 0.717) is 41.1 Å². The van der Waals surface area contributed by atoms with Gasteiger partial charge >= 0.3 is 0 Å². The van der Waals surface area contributed by atoms with Gasteiger partial charge in [-0.1, -0.05) is 41.6 Å². The Labute approximate surface area is 189 Å². The second kappa shape index (κ2) is 9.41. The van der Waals surface area contributed by atoms with Crippen LogP contribution in [0.15, 0.2) is 64.6 Å². The van der Waals surface area contributed by atoms with Crippen molar-refractivity contribution in [1.29, 1.82) is 5.41 Å². The van der Waals surface area contributed by atoms with Gasteiger partial charge in [-0.25, -0.2) is 0 Å². The molecule has 4 rings (SSSR count). The number of aliphatic imine (C=N–C) groups is 1. The first kappa shape index (κ1) is 21.2. The first-order valence-electron chi connectivity index (χ1n) is 9.69. The molecule has 0 saturated carbocycles. The van der Waals surface area contributed by atoms with Crippen LogP contribution in [0.4, 0.5) is 0 Å². The van der Waals surface area contributed by atoms with E-state index in [-0.39, 0.29) is 11.4 Å². The Morgan fingerprint density at radius 2 is 2.03 bits per heavy atom. The van der Waals surface area contributed by atoms with E-state index < -0.39 is 5.91 Å². The van der Waals surface area contributed by atoms with E-state index in [1.165, 1.54) is 11.8 Å². The molecule has 0 aliphatic carbocycles. The molecule has 2 heterocycles. The smallest absolute Gasteiger partial charge is 0.283 e. The predicted octanol–water partition coefficient (Wildman–Crippen LogP) is 5.27. The number of halogens is 1. The van der Waals surface area contributed by atoms with E-state index in [1.54, 1.807) is 40.8 Å². The Morgan fingerprint density at radius 3 is 2.84 bits per heavy atom. The molecule has 1 amide bonds. The van der Waals surface area contributed by atoms with E-state index in [0.717, 1.165) is 11.3 Å². The van der Waals surface area contributed by atoms with Gasteiger partial charge in [-0.15, -0.1) is 0 Å². The third-order valence-electron chi connectivity index (χ3n) is 4.58. The number of benzene rings is 2. The average Bonchev–Trinajstić information content (AvgIpc) is 3.21. The number of nitrogens with zero attached hydrogens (tertiary/aromatic N) is 2. The molecular weight excluding hydrogens is 434 g/mol. The highest BCUT2D eigenvalue weighted by Gasteiger charge is 2.31. The minimum Gasteiger partial charge on any atom is -0.493 e. The molecule has 158 valence electrons. The number of aryl methyl sites for hydroxylation is 1. The monoisotopic (exact) mass is 453 g/mol. The summed E-state index contributed by atoms with van der Waals surface area (Å²) in [5.41, 5.74) is 2.07. The third-order valence-corrected chi connectivity index (χ3v) is 5.64. The predicted molar refractivity (Wildman–Crippen MR) is 125 cm³/mol. The summed E-state index contributed by atoms with van der Waals surface area (Å²) in [7, 11) is 0. The Balaban J connectivity index is 1.34. The molecule has 0 radical (unpaired) electrons. The fourth-order valence-electron chi connectivity index (χ4n) is 3.06. The van der Waals surface area contributed by atoms with Crippen molar-refractivity contribution in [3.63, 3.8) is 0 Å². The number of rotatable bonds is 7. The van der Waals surface area contributed by atoms with Crippen LogP contribution in [0.2, 0.25) is 5.02 Å². The maximum atomic E-state index is 12.3. The van der Waals surface area contributed by atoms with E-state index in [2.05, 4.69) is 4.99 Å². The number of nitrogens with one attached hydrogen (secondary N) is 1. The highest BCUT2D eigenvalue weighted by atomic mass is 35.5. The van der Waals surface area contributed by atoms with Gasteiger partial charge < -0.3 is 9.47 Å². The van der Waals surface area contributed by atoms with E-state index >= 15 is 0 Å². The normalized spacial score (nSPS) is 16.5. The zero-order valence-corrected chi connectivity index (χ0v) is 18.4. The zero-order chi connectivity index (χ0) is 21.8. The van der Waals surface area contributed by atoms with Crippen molar-refractivity contribution in [2.75, 3.05) is 13.2 Å². The Morgan fingerprint density at radius 1 is 1.19 bits per heavy atom. The van der Waals surface area contributed by atoms with Crippen molar-refractivity contribution >= 4 is 46.3 Å². The van der Waals surface area contributed by atoms with Crippen LogP contribution in [0.25, 0.3) is 6.08 Å². The molecule has 0 spiro atoms. The maximum Gasteiger partial charge on any atom is 0.283 e. The first-order valence-corrected chi connectivity index (χ1v) is 10.9. The number of hydrogen-bond acceptors (Lipinski definition) is 5. The second-order valence-corrected chi connectivity index (χ2v) is 8.22. The van der Waals surface area contributed by atoms with Gasteiger partial charge in [-0.3, -0.25) is 15.1 Å². The van der Waals surface area contributed by atoms with Gasteiger partial charge in [0.25, 0.3) is 5.91 Å². The molecule has 2 aliphatic rings. The molecule has 2 aromatic rings. The van der Waals surface area contributed by atoms with E-state index in [9.17, 15) is 4.79 Å². The molecule has 0 atom stereocenters. The summed E-state index contributed by atoms with van der Waals surface area (Å²) in [6, 6.07) is 13.2. The summed E-state index contributed by atoms with van der Waals surface area (Å²) in [4.78, 5) is 17.9. The lowest BCUT2D eigenvalue weighted by Gasteiger charge is -2.22. The Kier molecular flexibility index (Phi) is 6.44. The van der Waals surface area contributed by atoms with Crippen LogP contribution in [0, 0.1) is 12.3 Å². The Hall–Kier alpha value is -3.03. The summed E-state index contributed by atoms with van der Waals surface area (Å²) >= 11 is 7.68. The number of amidine groups is 2. The molecule has 31 heavy (non-hydrogen) atoms. The van der Waals surface area contributed by atoms with Crippen molar-refractivity contribution in [2.45, 2.75) is 13.3 Å². The second-order valence-electron chi connectivity index (χ2n) is 6.94. The fraction of sp³-hybridized carbons (Fsp3) is 0.174. The lowest BCUT2D eigenvalue weighted by Crippen LogP contribution is -2.35. The molecule has 1 N–H and O–H groups in total. The van der Waals surface area contributed by atoms with Gasteiger partial charge in [-0.05, 0) is 53.8 Å². The zero-order valence-electron chi connectivity index (χ0n) is 16.8. The van der Waals surface area contributed by atoms with Crippen molar-refractivity contribution in [1.82, 2.24) is 4.90 Å². The van der Waals surface area contributed by atoms with Gasteiger partial charge in [-0.2, -0.15) is 4.99 Å². The van der Waals surface area contributed by atoms with Crippen LogP contribution in [0.5, 0.6) is 11.5 Å². The highest BCUT2D eigenvalue weighted by molar-refractivity contribution is 8.16. The summed E-state index contributed by atoms with van der Waals surface area (Å²) in [5, 5.41) is 11.0.